The van der Waals surface area contributed by atoms with Crippen molar-refractivity contribution in [1.29, 1.82) is 0 Å². The second-order valence-corrected chi connectivity index (χ2v) is 6.68. The maximum absolute atomic E-state index is 6.06. The van der Waals surface area contributed by atoms with Crippen LogP contribution in [0.2, 0.25) is 0 Å². The van der Waals surface area contributed by atoms with Gasteiger partial charge in [0, 0.05) is 5.56 Å². The zero-order chi connectivity index (χ0) is 18.5. The lowest BCUT2D eigenvalue weighted by atomic mass is 10.1. The normalized spacial score (nSPS) is 10.9. The van der Waals surface area contributed by atoms with Gasteiger partial charge in [-0.25, -0.2) is 0 Å². The Kier molecular flexibility index (Phi) is 12.3. The van der Waals surface area contributed by atoms with Crippen LogP contribution in [-0.2, 0) is 0 Å². The van der Waals surface area contributed by atoms with Crippen LogP contribution in [0.25, 0.3) is 12.2 Å². The minimum atomic E-state index is 0. The first-order valence-electron chi connectivity index (χ1n) is 10.0. The number of para-hydroxylation sites is 1. The van der Waals surface area contributed by atoms with E-state index in [1.807, 2.05) is 12.1 Å². The fraction of sp³-hybridized carbons (Fsp3) is 0.417. The van der Waals surface area contributed by atoms with Crippen LogP contribution in [0.4, 0.5) is 0 Å². The molecule has 0 aliphatic carbocycles. The van der Waals surface area contributed by atoms with E-state index in [9.17, 15) is 0 Å². The third-order valence-electron chi connectivity index (χ3n) is 4.38. The molecule has 0 radical (unpaired) electrons. The highest BCUT2D eigenvalue weighted by molar-refractivity contribution is 5.85. The van der Waals surface area contributed by atoms with Gasteiger partial charge in [0.25, 0.3) is 0 Å². The summed E-state index contributed by atoms with van der Waals surface area (Å²) in [6.45, 7) is 8.89. The minimum absolute atomic E-state index is 0. The van der Waals surface area contributed by atoms with E-state index in [0.717, 1.165) is 24.3 Å². The molecule has 0 aliphatic rings. The summed E-state index contributed by atoms with van der Waals surface area (Å²) in [5, 5.41) is 0. The SMILES string of the molecule is CCCN(CCC)CCCCOc1ccccc1/C=C/c1ccccc1.Cl. The van der Waals surface area contributed by atoms with Crippen molar-refractivity contribution < 1.29 is 4.74 Å². The molecule has 27 heavy (non-hydrogen) atoms. The lowest BCUT2D eigenvalue weighted by Gasteiger charge is -2.20. The summed E-state index contributed by atoms with van der Waals surface area (Å²) in [5.41, 5.74) is 2.34. The summed E-state index contributed by atoms with van der Waals surface area (Å²) in [6, 6.07) is 18.6. The molecular weight excluding hydrogens is 354 g/mol. The predicted octanol–water partition coefficient (Wildman–Crippen LogP) is 6.56. The predicted molar refractivity (Wildman–Crippen MR) is 121 cm³/mol. The van der Waals surface area contributed by atoms with E-state index in [1.165, 1.54) is 44.5 Å². The van der Waals surface area contributed by atoms with Crippen LogP contribution >= 0.6 is 12.4 Å². The summed E-state index contributed by atoms with van der Waals surface area (Å²) >= 11 is 0. The summed E-state index contributed by atoms with van der Waals surface area (Å²) in [7, 11) is 0. The van der Waals surface area contributed by atoms with Gasteiger partial charge in [-0.3, -0.25) is 0 Å². The van der Waals surface area contributed by atoms with Crippen molar-refractivity contribution in [3.8, 4) is 5.75 Å². The summed E-state index contributed by atoms with van der Waals surface area (Å²) in [5.74, 6) is 0.971. The van der Waals surface area contributed by atoms with Gasteiger partial charge in [0.1, 0.15) is 5.75 Å². The van der Waals surface area contributed by atoms with Crippen LogP contribution in [0.5, 0.6) is 5.75 Å². The lowest BCUT2D eigenvalue weighted by Crippen LogP contribution is -2.26. The molecule has 0 aliphatic heterocycles. The third-order valence-corrected chi connectivity index (χ3v) is 4.38. The number of ether oxygens (including phenoxy) is 1. The number of benzene rings is 2. The van der Waals surface area contributed by atoms with Crippen LogP contribution < -0.4 is 4.74 Å². The molecular formula is C24H34ClNO. The standard InChI is InChI=1S/C24H33NO.ClH/c1-3-18-25(19-4-2)20-10-11-21-26-24-15-9-8-14-23(24)17-16-22-12-6-5-7-13-22;/h5-9,12-17H,3-4,10-11,18-21H2,1-2H3;1H/b17-16+;. The van der Waals surface area contributed by atoms with Crippen molar-refractivity contribution in [3.63, 3.8) is 0 Å². The van der Waals surface area contributed by atoms with E-state index >= 15 is 0 Å². The molecule has 0 spiro atoms. The van der Waals surface area contributed by atoms with Crippen molar-refractivity contribution >= 4 is 24.6 Å². The molecule has 0 atom stereocenters. The maximum atomic E-state index is 6.06. The molecule has 0 N–H and O–H groups in total. The van der Waals surface area contributed by atoms with Crippen LogP contribution in [-0.4, -0.2) is 31.1 Å². The van der Waals surface area contributed by atoms with Crippen LogP contribution in [0.15, 0.2) is 54.6 Å². The van der Waals surface area contributed by atoms with Gasteiger partial charge in [0.05, 0.1) is 6.61 Å². The maximum Gasteiger partial charge on any atom is 0.126 e. The van der Waals surface area contributed by atoms with Gasteiger partial charge in [0.15, 0.2) is 0 Å². The molecule has 0 saturated heterocycles. The third kappa shape index (κ3) is 9.12. The number of nitrogens with zero attached hydrogens (tertiary/aromatic N) is 1. The molecule has 0 bridgehead atoms. The van der Waals surface area contributed by atoms with Crippen molar-refractivity contribution in [2.75, 3.05) is 26.2 Å². The Hall–Kier alpha value is -1.77. The molecule has 2 aromatic rings. The molecule has 0 unspecified atom stereocenters. The van der Waals surface area contributed by atoms with Gasteiger partial charge in [-0.1, -0.05) is 74.5 Å². The quantitative estimate of drug-likeness (QED) is 0.302. The smallest absolute Gasteiger partial charge is 0.126 e. The molecule has 0 fully saturated rings. The Labute approximate surface area is 171 Å². The van der Waals surface area contributed by atoms with E-state index in [1.54, 1.807) is 0 Å². The molecule has 2 rings (SSSR count). The summed E-state index contributed by atoms with van der Waals surface area (Å²) in [4.78, 5) is 2.57. The van der Waals surface area contributed by atoms with E-state index in [4.69, 9.17) is 4.74 Å². The first-order valence-corrected chi connectivity index (χ1v) is 10.0. The zero-order valence-corrected chi connectivity index (χ0v) is 17.6. The van der Waals surface area contributed by atoms with Gasteiger partial charge in [-0.15, -0.1) is 12.4 Å². The van der Waals surface area contributed by atoms with Gasteiger partial charge in [-0.2, -0.15) is 0 Å². The van der Waals surface area contributed by atoms with E-state index in [-0.39, 0.29) is 12.4 Å². The average Bonchev–Trinajstić information content (AvgIpc) is 2.68. The molecule has 0 heterocycles. The van der Waals surface area contributed by atoms with Crippen LogP contribution in [0, 0.1) is 0 Å². The highest BCUT2D eigenvalue weighted by Crippen LogP contribution is 2.21. The van der Waals surface area contributed by atoms with Crippen molar-refractivity contribution in [2.45, 2.75) is 39.5 Å². The summed E-state index contributed by atoms with van der Waals surface area (Å²) < 4.78 is 6.06. The molecule has 0 saturated carbocycles. The first kappa shape index (κ1) is 23.3. The van der Waals surface area contributed by atoms with E-state index in [2.05, 4.69) is 73.4 Å². The van der Waals surface area contributed by atoms with E-state index in [0.29, 0.717) is 0 Å². The van der Waals surface area contributed by atoms with Crippen LogP contribution in [0.3, 0.4) is 0 Å². The number of unbranched alkanes of at least 4 members (excludes halogenated alkanes) is 1. The Morgan fingerprint density at radius 1 is 0.778 bits per heavy atom. The molecule has 2 aromatic carbocycles. The van der Waals surface area contributed by atoms with Crippen molar-refractivity contribution in [1.82, 2.24) is 4.90 Å². The number of halogens is 1. The second kappa shape index (κ2) is 14.3. The highest BCUT2D eigenvalue weighted by Gasteiger charge is 2.03. The highest BCUT2D eigenvalue weighted by atomic mass is 35.5. The zero-order valence-electron chi connectivity index (χ0n) is 16.8. The molecule has 2 nitrogen and oxygen atoms in total. The Bertz CT molecular complexity index is 636. The topological polar surface area (TPSA) is 12.5 Å². The fourth-order valence-corrected chi connectivity index (χ4v) is 3.09. The lowest BCUT2D eigenvalue weighted by molar-refractivity contribution is 0.250. The van der Waals surface area contributed by atoms with E-state index < -0.39 is 0 Å². The second-order valence-electron chi connectivity index (χ2n) is 6.68. The van der Waals surface area contributed by atoms with Crippen molar-refractivity contribution in [3.05, 3.63) is 65.7 Å². The number of hydrogen-bond acceptors (Lipinski definition) is 2. The van der Waals surface area contributed by atoms with Gasteiger partial charge >= 0.3 is 0 Å². The Balaban J connectivity index is 0.00000364. The summed E-state index contributed by atoms with van der Waals surface area (Å²) in [6.07, 6.45) is 9.03. The number of rotatable bonds is 12. The fourth-order valence-electron chi connectivity index (χ4n) is 3.09. The minimum Gasteiger partial charge on any atom is -0.493 e. The average molecular weight is 388 g/mol. The molecule has 3 heteroatoms. The largest absolute Gasteiger partial charge is 0.493 e. The molecule has 0 aromatic heterocycles. The van der Waals surface area contributed by atoms with Gasteiger partial charge in [0.2, 0.25) is 0 Å². The molecule has 0 amide bonds. The van der Waals surface area contributed by atoms with Crippen LogP contribution in [0.1, 0.15) is 50.7 Å². The van der Waals surface area contributed by atoms with Gasteiger partial charge < -0.3 is 9.64 Å². The Morgan fingerprint density at radius 3 is 2.15 bits per heavy atom. The van der Waals surface area contributed by atoms with Gasteiger partial charge in [-0.05, 0) is 56.9 Å². The Morgan fingerprint density at radius 2 is 1.44 bits per heavy atom. The van der Waals surface area contributed by atoms with Crippen molar-refractivity contribution in [2.24, 2.45) is 0 Å². The molecule has 148 valence electrons. The first-order chi connectivity index (χ1) is 12.8. The number of hydrogen-bond donors (Lipinski definition) is 0. The monoisotopic (exact) mass is 387 g/mol.